The summed E-state index contributed by atoms with van der Waals surface area (Å²) < 4.78 is 35.4. The van der Waals surface area contributed by atoms with E-state index in [1.807, 2.05) is 48.9 Å². The molecule has 0 saturated heterocycles. The molecule has 2 aromatic heterocycles. The van der Waals surface area contributed by atoms with Gasteiger partial charge in [0.15, 0.2) is 0 Å². The van der Waals surface area contributed by atoms with Gasteiger partial charge in [0.25, 0.3) is 10.0 Å². The SMILES string of the molecule is CC(C)C[C@H]1NC(=O)CN(C(=O)CNS(=O)(=O)c2cccs2)CCCOc2cccc(c2)-c2nccn2CCNC1=O. The van der Waals surface area contributed by atoms with E-state index in [0.29, 0.717) is 31.7 Å². The molecule has 0 fully saturated rings. The molecule has 0 spiro atoms. The van der Waals surface area contributed by atoms with Gasteiger partial charge in [-0.2, -0.15) is 0 Å². The van der Waals surface area contributed by atoms with Gasteiger partial charge < -0.3 is 24.8 Å². The number of hydrogen-bond acceptors (Lipinski definition) is 8. The van der Waals surface area contributed by atoms with E-state index in [-0.39, 0.29) is 35.7 Å². The van der Waals surface area contributed by atoms with Gasteiger partial charge in [-0.25, -0.2) is 18.1 Å². The second-order valence-electron chi connectivity index (χ2n) is 10.3. The Morgan fingerprint density at radius 3 is 2.81 bits per heavy atom. The summed E-state index contributed by atoms with van der Waals surface area (Å²) in [6.45, 7) is 4.23. The maximum atomic E-state index is 13.1. The van der Waals surface area contributed by atoms with Crippen molar-refractivity contribution < 1.29 is 27.5 Å². The van der Waals surface area contributed by atoms with Crippen LogP contribution in [0, 0.1) is 5.92 Å². The van der Waals surface area contributed by atoms with Crippen molar-refractivity contribution in [3.63, 3.8) is 0 Å². The number of imidazole rings is 1. The molecule has 4 rings (SSSR count). The quantitative estimate of drug-likeness (QED) is 0.382. The van der Waals surface area contributed by atoms with Crippen molar-refractivity contribution in [3.05, 3.63) is 54.2 Å². The van der Waals surface area contributed by atoms with E-state index in [2.05, 4.69) is 20.3 Å². The van der Waals surface area contributed by atoms with Crippen LogP contribution in [0.2, 0.25) is 0 Å². The lowest BCUT2D eigenvalue weighted by atomic mass is 10.0. The van der Waals surface area contributed by atoms with Crippen LogP contribution in [-0.2, 0) is 31.0 Å². The van der Waals surface area contributed by atoms with E-state index >= 15 is 0 Å². The van der Waals surface area contributed by atoms with Crippen LogP contribution in [0.1, 0.15) is 26.7 Å². The number of carbonyl (C=O) groups is 3. The maximum absolute atomic E-state index is 13.1. The lowest BCUT2D eigenvalue weighted by Gasteiger charge is -2.25. The molecule has 3 heterocycles. The van der Waals surface area contributed by atoms with Crippen LogP contribution >= 0.6 is 11.3 Å². The largest absolute Gasteiger partial charge is 0.494 e. The molecule has 226 valence electrons. The molecule has 12 nitrogen and oxygen atoms in total. The Morgan fingerprint density at radius 1 is 1.21 bits per heavy atom. The van der Waals surface area contributed by atoms with Crippen LogP contribution in [-0.4, -0.2) is 79.4 Å². The van der Waals surface area contributed by atoms with Crippen molar-refractivity contribution in [1.29, 1.82) is 0 Å². The summed E-state index contributed by atoms with van der Waals surface area (Å²) >= 11 is 1.04. The summed E-state index contributed by atoms with van der Waals surface area (Å²) in [6, 6.07) is 9.73. The fourth-order valence-corrected chi connectivity index (χ4v) is 6.52. The number of fused-ring (bicyclic) bond motifs is 4. The Morgan fingerprint density at radius 2 is 2.05 bits per heavy atom. The molecule has 1 atom stereocenters. The number of nitrogens with zero attached hydrogens (tertiary/aromatic N) is 3. The number of nitrogens with one attached hydrogen (secondary N) is 3. The minimum absolute atomic E-state index is 0.0911. The Kier molecular flexibility index (Phi) is 10.7. The molecular formula is C28H36N6O6S2. The molecule has 1 aliphatic heterocycles. The van der Waals surface area contributed by atoms with Gasteiger partial charge >= 0.3 is 0 Å². The average molecular weight is 617 g/mol. The van der Waals surface area contributed by atoms with Crippen molar-refractivity contribution in [1.82, 2.24) is 29.8 Å². The number of benzene rings is 1. The van der Waals surface area contributed by atoms with Gasteiger partial charge in [-0.15, -0.1) is 11.3 Å². The number of sulfonamides is 1. The van der Waals surface area contributed by atoms with Crippen molar-refractivity contribution in [3.8, 4) is 17.1 Å². The summed E-state index contributed by atoms with van der Waals surface area (Å²) in [7, 11) is -3.87. The van der Waals surface area contributed by atoms with E-state index in [4.69, 9.17) is 4.74 Å². The summed E-state index contributed by atoms with van der Waals surface area (Å²) in [5.41, 5.74) is 0.852. The number of thiophene rings is 1. The third kappa shape index (κ3) is 8.63. The normalized spacial score (nSPS) is 17.4. The molecule has 0 saturated carbocycles. The maximum Gasteiger partial charge on any atom is 0.250 e. The second-order valence-corrected chi connectivity index (χ2v) is 13.2. The van der Waals surface area contributed by atoms with Gasteiger partial charge in [0, 0.05) is 37.6 Å². The first-order valence-electron chi connectivity index (χ1n) is 13.7. The number of amides is 3. The Balaban J connectivity index is 1.53. The van der Waals surface area contributed by atoms with Gasteiger partial charge in [-0.05, 0) is 42.3 Å². The highest BCUT2D eigenvalue weighted by Crippen LogP contribution is 2.23. The molecule has 3 N–H and O–H groups in total. The van der Waals surface area contributed by atoms with E-state index in [0.717, 1.165) is 22.7 Å². The first-order valence-corrected chi connectivity index (χ1v) is 16.1. The van der Waals surface area contributed by atoms with Crippen LogP contribution in [0.25, 0.3) is 11.4 Å². The highest BCUT2D eigenvalue weighted by Gasteiger charge is 2.25. The third-order valence-electron chi connectivity index (χ3n) is 6.52. The number of ether oxygens (including phenoxy) is 1. The van der Waals surface area contributed by atoms with Crippen LogP contribution in [0.3, 0.4) is 0 Å². The zero-order chi connectivity index (χ0) is 30.1. The molecule has 14 heteroatoms. The zero-order valence-corrected chi connectivity index (χ0v) is 25.2. The van der Waals surface area contributed by atoms with Crippen LogP contribution in [0.5, 0.6) is 5.75 Å². The minimum atomic E-state index is -3.87. The van der Waals surface area contributed by atoms with Crippen molar-refractivity contribution in [2.24, 2.45) is 5.92 Å². The zero-order valence-electron chi connectivity index (χ0n) is 23.6. The Bertz CT molecular complexity index is 1470. The molecule has 3 aromatic rings. The molecule has 0 aliphatic carbocycles. The first kappa shape index (κ1) is 31.2. The van der Waals surface area contributed by atoms with E-state index in [9.17, 15) is 22.8 Å². The molecule has 42 heavy (non-hydrogen) atoms. The van der Waals surface area contributed by atoms with Crippen molar-refractivity contribution in [2.75, 3.05) is 32.8 Å². The number of aromatic nitrogens is 2. The lowest BCUT2D eigenvalue weighted by Crippen LogP contribution is -2.52. The number of rotatable bonds is 6. The first-order chi connectivity index (χ1) is 20.1. The molecule has 0 radical (unpaired) electrons. The molecule has 2 bridgehead atoms. The molecule has 3 amide bonds. The molecule has 0 unspecified atom stereocenters. The topological polar surface area (TPSA) is 152 Å². The predicted molar refractivity (Wildman–Crippen MR) is 158 cm³/mol. The fourth-order valence-electron chi connectivity index (χ4n) is 4.51. The van der Waals surface area contributed by atoms with E-state index in [1.165, 1.54) is 11.0 Å². The van der Waals surface area contributed by atoms with Crippen molar-refractivity contribution in [2.45, 2.75) is 43.5 Å². The summed E-state index contributed by atoms with van der Waals surface area (Å²) in [6.07, 6.45) is 4.32. The monoisotopic (exact) mass is 616 g/mol. The standard InChI is InChI=1S/C28H36N6O6S2/c1-20(2)16-23-28(37)30-10-13-33-12-9-29-27(33)21-6-3-7-22(17-21)40-14-5-11-34(19-24(35)32-23)25(36)18-31-42(38,39)26-8-4-15-41-26/h3-4,6-9,12,15,17,20,23,31H,5,10-11,13-14,16,18-19H2,1-2H3,(H,30,37)(H,32,35)/t23-/m1/s1. The summed E-state index contributed by atoms with van der Waals surface area (Å²) in [5.74, 6) is 0.0528. The fraction of sp³-hybridized carbons (Fsp3) is 0.429. The number of hydrogen-bond donors (Lipinski definition) is 3. The van der Waals surface area contributed by atoms with E-state index in [1.54, 1.807) is 17.6 Å². The average Bonchev–Trinajstić information content (AvgIpc) is 3.66. The molecule has 1 aromatic carbocycles. The molecular weight excluding hydrogens is 580 g/mol. The van der Waals surface area contributed by atoms with Crippen molar-refractivity contribution >= 4 is 39.1 Å². The van der Waals surface area contributed by atoms with Gasteiger partial charge in [0.2, 0.25) is 17.7 Å². The minimum Gasteiger partial charge on any atom is -0.494 e. The second kappa shape index (κ2) is 14.4. The van der Waals surface area contributed by atoms with Crippen LogP contribution in [0.15, 0.2) is 58.4 Å². The van der Waals surface area contributed by atoms with Crippen LogP contribution in [0.4, 0.5) is 0 Å². The van der Waals surface area contributed by atoms with Gasteiger partial charge in [0.05, 0.1) is 19.7 Å². The summed E-state index contributed by atoms with van der Waals surface area (Å²) in [5, 5.41) is 7.30. The van der Waals surface area contributed by atoms with E-state index < -0.39 is 34.4 Å². The predicted octanol–water partition coefficient (Wildman–Crippen LogP) is 1.85. The Hall–Kier alpha value is -3.75. The third-order valence-corrected chi connectivity index (χ3v) is 9.32. The highest BCUT2D eigenvalue weighted by molar-refractivity contribution is 7.91. The lowest BCUT2D eigenvalue weighted by molar-refractivity contribution is -0.136. The van der Waals surface area contributed by atoms with Gasteiger partial charge in [-0.1, -0.05) is 32.0 Å². The molecule has 1 aliphatic rings. The van der Waals surface area contributed by atoms with Gasteiger partial charge in [-0.3, -0.25) is 14.4 Å². The number of carbonyl (C=O) groups excluding carboxylic acids is 3. The van der Waals surface area contributed by atoms with Gasteiger partial charge in [0.1, 0.15) is 21.8 Å². The summed E-state index contributed by atoms with van der Waals surface area (Å²) in [4.78, 5) is 45.1. The Labute approximate surface area is 249 Å². The smallest absolute Gasteiger partial charge is 0.250 e. The van der Waals surface area contributed by atoms with Crippen LogP contribution < -0.4 is 20.1 Å². The highest BCUT2D eigenvalue weighted by atomic mass is 32.2.